The Labute approximate surface area is 187 Å². The average Bonchev–Trinajstić information content (AvgIpc) is 3.31. The number of amides is 2. The number of rotatable bonds is 5. The van der Waals surface area contributed by atoms with Crippen LogP contribution in [0.25, 0.3) is 10.8 Å². The summed E-state index contributed by atoms with van der Waals surface area (Å²) in [6.45, 7) is 1.88. The summed E-state index contributed by atoms with van der Waals surface area (Å²) in [5, 5.41) is 7.56. The molecule has 0 unspecified atom stereocenters. The molecule has 156 valence electrons. The van der Waals surface area contributed by atoms with Gasteiger partial charge in [-0.25, -0.2) is 0 Å². The van der Waals surface area contributed by atoms with Crippen molar-refractivity contribution in [2.24, 2.45) is 0 Å². The average molecular weight is 479 g/mol. The molecule has 0 saturated carbocycles. The van der Waals surface area contributed by atoms with Crippen molar-refractivity contribution >= 4 is 49.9 Å². The topological polar surface area (TPSA) is 80.6 Å². The Bertz CT molecular complexity index is 1280. The molecule has 0 fully saturated rings. The summed E-state index contributed by atoms with van der Waals surface area (Å²) in [7, 11) is 1.53. The molecule has 0 saturated heterocycles. The summed E-state index contributed by atoms with van der Waals surface area (Å²) in [4.78, 5) is 25.4. The van der Waals surface area contributed by atoms with Gasteiger partial charge in [0, 0.05) is 11.4 Å². The second kappa shape index (κ2) is 8.65. The zero-order valence-corrected chi connectivity index (χ0v) is 18.4. The first-order valence-electron chi connectivity index (χ1n) is 9.50. The van der Waals surface area contributed by atoms with Crippen LogP contribution in [0.15, 0.2) is 75.8 Å². The molecular weight excluding hydrogens is 460 g/mol. The van der Waals surface area contributed by atoms with E-state index in [9.17, 15) is 9.59 Å². The molecule has 0 spiro atoms. The van der Waals surface area contributed by atoms with E-state index in [1.54, 1.807) is 30.3 Å². The van der Waals surface area contributed by atoms with Crippen LogP contribution in [0.4, 0.5) is 11.4 Å². The molecule has 1 heterocycles. The number of aryl methyl sites for hydroxylation is 1. The molecule has 4 rings (SSSR count). The number of hydrogen-bond donors (Lipinski definition) is 2. The minimum atomic E-state index is -0.369. The van der Waals surface area contributed by atoms with Crippen molar-refractivity contribution in [1.29, 1.82) is 0 Å². The fraction of sp³-hybridized carbons (Fsp3) is 0.0833. The van der Waals surface area contributed by atoms with Crippen LogP contribution in [0.1, 0.15) is 26.5 Å². The van der Waals surface area contributed by atoms with Crippen molar-refractivity contribution in [1.82, 2.24) is 0 Å². The van der Waals surface area contributed by atoms with Crippen LogP contribution >= 0.6 is 15.9 Å². The van der Waals surface area contributed by atoms with Gasteiger partial charge in [0.25, 0.3) is 11.8 Å². The normalized spacial score (nSPS) is 10.7. The lowest BCUT2D eigenvalue weighted by Crippen LogP contribution is -2.15. The van der Waals surface area contributed by atoms with E-state index in [0.717, 1.165) is 20.8 Å². The highest BCUT2D eigenvalue weighted by molar-refractivity contribution is 9.10. The quantitative estimate of drug-likeness (QED) is 0.367. The first-order chi connectivity index (χ1) is 15.0. The van der Waals surface area contributed by atoms with Crippen LogP contribution in [-0.4, -0.2) is 18.9 Å². The lowest BCUT2D eigenvalue weighted by Gasteiger charge is -2.15. The van der Waals surface area contributed by atoms with Crippen LogP contribution < -0.4 is 15.4 Å². The van der Waals surface area contributed by atoms with E-state index in [2.05, 4.69) is 26.6 Å². The Kier molecular flexibility index (Phi) is 5.77. The monoisotopic (exact) mass is 478 g/mol. The van der Waals surface area contributed by atoms with Crippen LogP contribution in [-0.2, 0) is 0 Å². The SMILES string of the molecule is COc1c(C(=O)Nc2cc(NC(=O)c3ccco3)ccc2C)cc2ccccc2c1Br. The first kappa shape index (κ1) is 20.7. The molecule has 0 bridgehead atoms. The molecule has 0 aliphatic rings. The second-order valence-corrected chi connectivity index (χ2v) is 7.70. The highest BCUT2D eigenvalue weighted by Gasteiger charge is 2.19. The largest absolute Gasteiger partial charge is 0.495 e. The highest BCUT2D eigenvalue weighted by atomic mass is 79.9. The second-order valence-electron chi connectivity index (χ2n) is 6.91. The number of fused-ring (bicyclic) bond motifs is 1. The zero-order valence-electron chi connectivity index (χ0n) is 16.9. The van der Waals surface area contributed by atoms with Gasteiger partial charge < -0.3 is 19.8 Å². The van der Waals surface area contributed by atoms with Crippen molar-refractivity contribution in [2.75, 3.05) is 17.7 Å². The predicted octanol–water partition coefficient (Wildman–Crippen LogP) is 6.02. The molecule has 4 aromatic rings. The Morgan fingerprint density at radius 1 is 0.968 bits per heavy atom. The molecule has 0 aliphatic heterocycles. The molecule has 2 N–H and O–H groups in total. The van der Waals surface area contributed by atoms with Crippen LogP contribution in [0, 0.1) is 6.92 Å². The van der Waals surface area contributed by atoms with Crippen molar-refractivity contribution in [2.45, 2.75) is 6.92 Å². The number of ether oxygens (including phenoxy) is 1. The van der Waals surface area contributed by atoms with E-state index in [1.807, 2.05) is 37.3 Å². The highest BCUT2D eigenvalue weighted by Crippen LogP contribution is 2.37. The third-order valence-corrected chi connectivity index (χ3v) is 5.67. The number of benzene rings is 3. The summed E-state index contributed by atoms with van der Waals surface area (Å²) in [5.74, 6) is -0.0276. The van der Waals surface area contributed by atoms with Gasteiger partial charge in [0.2, 0.25) is 0 Å². The predicted molar refractivity (Wildman–Crippen MR) is 124 cm³/mol. The minimum Gasteiger partial charge on any atom is -0.495 e. The first-order valence-corrected chi connectivity index (χ1v) is 10.3. The van der Waals surface area contributed by atoms with E-state index in [4.69, 9.17) is 9.15 Å². The maximum absolute atomic E-state index is 13.1. The summed E-state index contributed by atoms with van der Waals surface area (Å²) in [6, 6.07) is 18.0. The van der Waals surface area contributed by atoms with Gasteiger partial charge in [-0.05, 0) is 69.5 Å². The number of halogens is 1. The van der Waals surface area contributed by atoms with Gasteiger partial charge in [0.1, 0.15) is 5.75 Å². The molecule has 1 aromatic heterocycles. The fourth-order valence-electron chi connectivity index (χ4n) is 3.28. The zero-order chi connectivity index (χ0) is 22.0. The lowest BCUT2D eigenvalue weighted by molar-refractivity contribution is 0.0994. The van der Waals surface area contributed by atoms with E-state index >= 15 is 0 Å². The van der Waals surface area contributed by atoms with E-state index < -0.39 is 0 Å². The van der Waals surface area contributed by atoms with Gasteiger partial charge in [-0.3, -0.25) is 9.59 Å². The summed E-state index contributed by atoms with van der Waals surface area (Å²) < 4.78 is 11.3. The molecule has 0 aliphatic carbocycles. The minimum absolute atomic E-state index is 0.205. The number of hydrogen-bond acceptors (Lipinski definition) is 4. The van der Waals surface area contributed by atoms with Crippen molar-refractivity contribution in [3.05, 3.63) is 88.3 Å². The maximum atomic E-state index is 13.1. The molecule has 31 heavy (non-hydrogen) atoms. The Balaban J connectivity index is 1.63. The van der Waals surface area contributed by atoms with E-state index in [1.165, 1.54) is 13.4 Å². The van der Waals surface area contributed by atoms with Gasteiger partial charge in [-0.2, -0.15) is 0 Å². The van der Waals surface area contributed by atoms with Crippen molar-refractivity contribution < 1.29 is 18.7 Å². The number of carbonyl (C=O) groups is 2. The summed E-state index contributed by atoms with van der Waals surface area (Å²) >= 11 is 3.56. The van der Waals surface area contributed by atoms with Crippen LogP contribution in [0.2, 0.25) is 0 Å². The Morgan fingerprint density at radius 2 is 1.77 bits per heavy atom. The maximum Gasteiger partial charge on any atom is 0.291 e. The number of methoxy groups -OCH3 is 1. The molecule has 3 aromatic carbocycles. The van der Waals surface area contributed by atoms with Crippen molar-refractivity contribution in [3.63, 3.8) is 0 Å². The van der Waals surface area contributed by atoms with Gasteiger partial charge in [-0.15, -0.1) is 0 Å². The van der Waals surface area contributed by atoms with E-state index in [-0.39, 0.29) is 17.6 Å². The lowest BCUT2D eigenvalue weighted by atomic mass is 10.0. The van der Waals surface area contributed by atoms with Gasteiger partial charge in [0.05, 0.1) is 23.4 Å². The third-order valence-electron chi connectivity index (χ3n) is 4.88. The number of carbonyl (C=O) groups excluding carboxylic acids is 2. The third kappa shape index (κ3) is 4.18. The van der Waals surface area contributed by atoms with Gasteiger partial charge >= 0.3 is 0 Å². The van der Waals surface area contributed by atoms with Crippen LogP contribution in [0.5, 0.6) is 5.75 Å². The van der Waals surface area contributed by atoms with Crippen LogP contribution in [0.3, 0.4) is 0 Å². The van der Waals surface area contributed by atoms with E-state index in [0.29, 0.717) is 22.7 Å². The number of furan rings is 1. The molecular formula is C24H19BrN2O4. The number of nitrogens with one attached hydrogen (secondary N) is 2. The smallest absolute Gasteiger partial charge is 0.291 e. The molecule has 7 heteroatoms. The van der Waals surface area contributed by atoms with Gasteiger partial charge in [0.15, 0.2) is 5.76 Å². The number of anilines is 2. The molecule has 6 nitrogen and oxygen atoms in total. The van der Waals surface area contributed by atoms with Gasteiger partial charge in [-0.1, -0.05) is 30.3 Å². The Morgan fingerprint density at radius 3 is 2.52 bits per heavy atom. The fourth-order valence-corrected chi connectivity index (χ4v) is 4.01. The molecule has 0 radical (unpaired) electrons. The summed E-state index contributed by atoms with van der Waals surface area (Å²) in [6.07, 6.45) is 1.44. The molecule has 0 atom stereocenters. The molecule has 2 amide bonds. The van der Waals surface area contributed by atoms with Crippen molar-refractivity contribution in [3.8, 4) is 5.75 Å². The Hall–Kier alpha value is -3.58. The standard InChI is InChI=1S/C24H19BrN2O4/c1-14-9-10-16(26-24(29)20-8-5-11-31-20)13-19(14)27-23(28)18-12-15-6-3-4-7-17(15)21(25)22(18)30-2/h3-13H,1-2H3,(H,26,29)(H,27,28). The summed E-state index contributed by atoms with van der Waals surface area (Å²) in [5.41, 5.74) is 2.36.